The van der Waals surface area contributed by atoms with Gasteiger partial charge >= 0.3 is 6.03 Å². The van der Waals surface area contributed by atoms with Gasteiger partial charge in [0, 0.05) is 18.6 Å². The number of urea groups is 1. The number of carbonyl (C=O) groups is 1. The van der Waals surface area contributed by atoms with Gasteiger partial charge in [-0.05, 0) is 11.1 Å². The third-order valence-electron chi connectivity index (χ3n) is 2.83. The minimum atomic E-state index is -0.649. The molecule has 0 heterocycles. The summed E-state index contributed by atoms with van der Waals surface area (Å²) in [7, 11) is 0. The maximum Gasteiger partial charge on any atom is 0.332 e. The molecule has 0 saturated carbocycles. The second-order valence-electron chi connectivity index (χ2n) is 4.48. The second-order valence-corrected chi connectivity index (χ2v) is 4.48. The van der Waals surface area contributed by atoms with Gasteiger partial charge in [-0.1, -0.05) is 60.7 Å². The van der Waals surface area contributed by atoms with Crippen molar-refractivity contribution < 1.29 is 4.79 Å². The van der Waals surface area contributed by atoms with E-state index in [2.05, 4.69) is 10.5 Å². The first-order chi connectivity index (χ1) is 9.74. The van der Waals surface area contributed by atoms with Crippen molar-refractivity contribution in [2.75, 3.05) is 0 Å². The molecule has 0 fully saturated rings. The van der Waals surface area contributed by atoms with E-state index in [-0.39, 0.29) is 0 Å². The number of hydrogen-bond donors (Lipinski definition) is 2. The average molecular weight is 267 g/mol. The molecular formula is C16H17N3O. The molecule has 0 radical (unpaired) electrons. The van der Waals surface area contributed by atoms with Gasteiger partial charge in [-0.2, -0.15) is 5.10 Å². The molecule has 0 unspecified atom stereocenters. The van der Waals surface area contributed by atoms with E-state index in [0.29, 0.717) is 12.8 Å². The maximum absolute atomic E-state index is 10.8. The van der Waals surface area contributed by atoms with Gasteiger partial charge in [0.05, 0.1) is 0 Å². The Kier molecular flexibility index (Phi) is 4.89. The van der Waals surface area contributed by atoms with Crippen molar-refractivity contribution in [3.8, 4) is 0 Å². The number of benzene rings is 2. The quantitative estimate of drug-likeness (QED) is 0.634. The lowest BCUT2D eigenvalue weighted by molar-refractivity contribution is 0.249. The van der Waals surface area contributed by atoms with E-state index in [0.717, 1.165) is 16.8 Å². The Labute approximate surface area is 118 Å². The van der Waals surface area contributed by atoms with E-state index in [9.17, 15) is 4.79 Å². The fraction of sp³-hybridized carbons (Fsp3) is 0.125. The number of nitrogens with zero attached hydrogens (tertiary/aromatic N) is 1. The summed E-state index contributed by atoms with van der Waals surface area (Å²) in [5.74, 6) is 0. The molecule has 4 heteroatoms. The van der Waals surface area contributed by atoms with Gasteiger partial charge in [0.25, 0.3) is 0 Å². The molecule has 0 saturated heterocycles. The van der Waals surface area contributed by atoms with Crippen LogP contribution in [0.3, 0.4) is 0 Å². The molecular weight excluding hydrogens is 250 g/mol. The van der Waals surface area contributed by atoms with Gasteiger partial charge < -0.3 is 5.73 Å². The van der Waals surface area contributed by atoms with Crippen molar-refractivity contribution >= 4 is 11.7 Å². The zero-order valence-electron chi connectivity index (χ0n) is 11.1. The predicted octanol–water partition coefficient (Wildman–Crippen LogP) is 2.50. The maximum atomic E-state index is 10.8. The number of amides is 2. The third kappa shape index (κ3) is 4.57. The molecule has 0 spiro atoms. The summed E-state index contributed by atoms with van der Waals surface area (Å²) in [6.45, 7) is 0. The summed E-state index contributed by atoms with van der Waals surface area (Å²) in [5, 5.41) is 4.11. The van der Waals surface area contributed by atoms with Crippen molar-refractivity contribution in [1.82, 2.24) is 5.43 Å². The van der Waals surface area contributed by atoms with Crippen LogP contribution in [-0.4, -0.2) is 11.7 Å². The van der Waals surface area contributed by atoms with Crippen molar-refractivity contribution in [1.29, 1.82) is 0 Å². The molecule has 0 aliphatic carbocycles. The minimum absolute atomic E-state index is 0.649. The van der Waals surface area contributed by atoms with Gasteiger partial charge in [-0.25, -0.2) is 10.2 Å². The Bertz CT molecular complexity index is 536. The van der Waals surface area contributed by atoms with E-state index >= 15 is 0 Å². The van der Waals surface area contributed by atoms with Crippen LogP contribution >= 0.6 is 0 Å². The van der Waals surface area contributed by atoms with Gasteiger partial charge in [-0.3, -0.25) is 0 Å². The van der Waals surface area contributed by atoms with Gasteiger partial charge in [0.1, 0.15) is 0 Å². The van der Waals surface area contributed by atoms with Crippen molar-refractivity contribution in [2.24, 2.45) is 10.8 Å². The highest BCUT2D eigenvalue weighted by molar-refractivity contribution is 5.89. The van der Waals surface area contributed by atoms with Crippen LogP contribution < -0.4 is 11.2 Å². The molecule has 0 aromatic heterocycles. The summed E-state index contributed by atoms with van der Waals surface area (Å²) in [5.41, 5.74) is 10.5. The Morgan fingerprint density at radius 1 is 0.900 bits per heavy atom. The van der Waals surface area contributed by atoms with E-state index in [1.807, 2.05) is 60.7 Å². The Morgan fingerprint density at radius 2 is 1.35 bits per heavy atom. The Balaban J connectivity index is 2.12. The van der Waals surface area contributed by atoms with Crippen LogP contribution in [0.1, 0.15) is 11.1 Å². The van der Waals surface area contributed by atoms with E-state index < -0.39 is 6.03 Å². The minimum Gasteiger partial charge on any atom is -0.350 e. The first-order valence-corrected chi connectivity index (χ1v) is 6.43. The summed E-state index contributed by atoms with van der Waals surface area (Å²) in [6.07, 6.45) is 1.35. The summed E-state index contributed by atoms with van der Waals surface area (Å²) < 4.78 is 0. The zero-order valence-corrected chi connectivity index (χ0v) is 11.1. The highest BCUT2D eigenvalue weighted by Crippen LogP contribution is 2.06. The van der Waals surface area contributed by atoms with Gasteiger partial charge in [-0.15, -0.1) is 0 Å². The van der Waals surface area contributed by atoms with E-state index in [1.54, 1.807) is 0 Å². The lowest BCUT2D eigenvalue weighted by atomic mass is 10.0. The first-order valence-electron chi connectivity index (χ1n) is 6.43. The zero-order chi connectivity index (χ0) is 14.2. The topological polar surface area (TPSA) is 67.5 Å². The molecule has 0 bridgehead atoms. The largest absolute Gasteiger partial charge is 0.350 e. The lowest BCUT2D eigenvalue weighted by Gasteiger charge is -2.07. The monoisotopic (exact) mass is 267 g/mol. The summed E-state index contributed by atoms with van der Waals surface area (Å²) in [6, 6.07) is 19.4. The predicted molar refractivity (Wildman–Crippen MR) is 80.4 cm³/mol. The lowest BCUT2D eigenvalue weighted by Crippen LogP contribution is -2.26. The fourth-order valence-corrected chi connectivity index (χ4v) is 1.94. The molecule has 2 aromatic rings. The molecule has 0 aliphatic heterocycles. The van der Waals surface area contributed by atoms with Crippen molar-refractivity contribution in [2.45, 2.75) is 12.8 Å². The smallest absolute Gasteiger partial charge is 0.332 e. The molecule has 0 atom stereocenters. The van der Waals surface area contributed by atoms with Gasteiger partial charge in [0.2, 0.25) is 0 Å². The molecule has 20 heavy (non-hydrogen) atoms. The standard InChI is InChI=1S/C16H17N3O/c17-16(20)19-18-15(11-13-7-3-1-4-8-13)12-14-9-5-2-6-10-14/h1-10H,11-12H2,(H3,17,19,20). The number of rotatable bonds is 5. The SMILES string of the molecule is NC(=O)NN=C(Cc1ccccc1)Cc1ccccc1. The second kappa shape index (κ2) is 7.09. The average Bonchev–Trinajstić information content (AvgIpc) is 2.47. The van der Waals surface area contributed by atoms with Crippen LogP contribution in [0, 0.1) is 0 Å². The normalized spacial score (nSPS) is 9.80. The number of nitrogens with one attached hydrogen (secondary N) is 1. The molecule has 0 aliphatic rings. The Hall–Kier alpha value is -2.62. The van der Waals surface area contributed by atoms with Crippen LogP contribution in [0.5, 0.6) is 0 Å². The molecule has 3 N–H and O–H groups in total. The van der Waals surface area contributed by atoms with Crippen LogP contribution in [0.25, 0.3) is 0 Å². The molecule has 2 aromatic carbocycles. The van der Waals surface area contributed by atoms with Crippen molar-refractivity contribution in [3.05, 3.63) is 71.8 Å². The van der Waals surface area contributed by atoms with E-state index in [4.69, 9.17) is 5.73 Å². The molecule has 102 valence electrons. The van der Waals surface area contributed by atoms with Crippen LogP contribution in [-0.2, 0) is 12.8 Å². The molecule has 2 amide bonds. The Morgan fingerprint density at radius 3 is 1.75 bits per heavy atom. The summed E-state index contributed by atoms with van der Waals surface area (Å²) >= 11 is 0. The van der Waals surface area contributed by atoms with Crippen LogP contribution in [0.4, 0.5) is 4.79 Å². The molecule has 2 rings (SSSR count). The fourth-order valence-electron chi connectivity index (χ4n) is 1.94. The summed E-state index contributed by atoms with van der Waals surface area (Å²) in [4.78, 5) is 10.8. The number of carbonyl (C=O) groups excluding carboxylic acids is 1. The number of hydrazone groups is 1. The van der Waals surface area contributed by atoms with Gasteiger partial charge in [0.15, 0.2) is 0 Å². The third-order valence-corrected chi connectivity index (χ3v) is 2.83. The number of hydrogen-bond acceptors (Lipinski definition) is 2. The number of primary amides is 1. The highest BCUT2D eigenvalue weighted by atomic mass is 16.2. The first kappa shape index (κ1) is 13.8. The molecule has 4 nitrogen and oxygen atoms in total. The van der Waals surface area contributed by atoms with Crippen LogP contribution in [0.2, 0.25) is 0 Å². The van der Waals surface area contributed by atoms with E-state index in [1.165, 1.54) is 0 Å². The van der Waals surface area contributed by atoms with Crippen molar-refractivity contribution in [3.63, 3.8) is 0 Å². The highest BCUT2D eigenvalue weighted by Gasteiger charge is 2.04. The number of nitrogens with two attached hydrogens (primary N) is 1. The van der Waals surface area contributed by atoms with Crippen LogP contribution in [0.15, 0.2) is 65.8 Å².